The Morgan fingerprint density at radius 2 is 1.07 bits per heavy atom. The first-order valence-corrected chi connectivity index (χ1v) is 30.7. The smallest absolute Gasteiger partial charge is 0.137 e. The summed E-state index contributed by atoms with van der Waals surface area (Å²) in [5.74, 6) is 1.87. The first-order valence-electron chi connectivity index (χ1n) is 32.2. The number of hydrogen-bond acceptors (Lipinski definition) is 4. The van der Waals surface area contributed by atoms with Gasteiger partial charge in [0.2, 0.25) is 0 Å². The molecule has 1 aliphatic carbocycles. The van der Waals surface area contributed by atoms with Crippen molar-refractivity contribution in [1.29, 1.82) is 0 Å². The fourth-order valence-corrected chi connectivity index (χ4v) is 13.4. The number of hydrogen-bond donors (Lipinski definition) is 0. The average molecular weight is 1130 g/mol. The molecular formula is C81H82N4O. The normalized spacial score (nSPS) is 15.5. The van der Waals surface area contributed by atoms with Crippen molar-refractivity contribution in [3.63, 3.8) is 0 Å². The van der Waals surface area contributed by atoms with E-state index in [0.29, 0.717) is 29.5 Å². The number of aryl methyl sites for hydroxylation is 1. The Labute approximate surface area is 515 Å². The lowest BCUT2D eigenvalue weighted by atomic mass is 9.61. The van der Waals surface area contributed by atoms with Gasteiger partial charge in [0.15, 0.2) is 0 Å². The lowest BCUT2D eigenvalue weighted by Crippen LogP contribution is -2.34. The molecule has 0 N–H and O–H groups in total. The van der Waals surface area contributed by atoms with Gasteiger partial charge in [0.25, 0.3) is 0 Å². The van der Waals surface area contributed by atoms with Gasteiger partial charge in [-0.15, -0.1) is 0 Å². The Morgan fingerprint density at radius 1 is 0.453 bits per heavy atom. The second kappa shape index (κ2) is 20.8. The Balaban J connectivity index is 0.923. The van der Waals surface area contributed by atoms with Crippen LogP contribution >= 0.6 is 0 Å². The minimum Gasteiger partial charge on any atom is -0.457 e. The summed E-state index contributed by atoms with van der Waals surface area (Å²) in [6.07, 6.45) is 3.87. The molecule has 0 amide bonds. The maximum absolute atomic E-state index is 9.11. The van der Waals surface area contributed by atoms with E-state index in [0.717, 1.165) is 68.5 Å². The molecule has 9 aromatic carbocycles. The highest BCUT2D eigenvalue weighted by molar-refractivity contribution is 6.10. The first kappa shape index (κ1) is 52.9. The molecule has 5 nitrogen and oxygen atoms in total. The zero-order chi connectivity index (χ0) is 62.7. The van der Waals surface area contributed by atoms with E-state index in [1.54, 1.807) is 0 Å². The topological polar surface area (TPSA) is 33.5 Å². The van der Waals surface area contributed by atoms with Crippen molar-refractivity contribution in [1.82, 2.24) is 9.55 Å². The van der Waals surface area contributed by atoms with Gasteiger partial charge in [-0.05, 0) is 181 Å². The molecule has 0 spiro atoms. The molecule has 2 aromatic heterocycles. The molecule has 2 aliphatic rings. The molecule has 3 heterocycles. The van der Waals surface area contributed by atoms with E-state index in [9.17, 15) is 0 Å². The van der Waals surface area contributed by atoms with E-state index < -0.39 is 6.85 Å². The summed E-state index contributed by atoms with van der Waals surface area (Å²) in [6, 6.07) is 72.0. The third kappa shape index (κ3) is 10.2. The van der Waals surface area contributed by atoms with Crippen molar-refractivity contribution in [2.24, 2.45) is 0 Å². The average Bonchev–Trinajstić information content (AvgIpc) is 1.76. The monoisotopic (exact) mass is 1130 g/mol. The SMILES string of the molecule is [2H]C([2H])([2H])c1cc(-n2c3ccc(C(C)(C)C)cc3c3ccc(Oc4cccc(N5CN(c6c(-c7ccccc7)cc(C(C)(C)C)cc6-c6cc(-c7ccccc7)cc(C(C)(C)C)c6)c6ccccc65)c4)cc32)ncc1-c1cccc2c1C(C)(C)CCC2(C)C. The molecular weight excluding hydrogens is 1040 g/mol. The number of para-hydroxylation sites is 2. The fourth-order valence-electron chi connectivity index (χ4n) is 13.4. The number of ether oxygens (including phenoxy) is 1. The molecule has 0 atom stereocenters. The van der Waals surface area contributed by atoms with E-state index in [-0.39, 0.29) is 32.6 Å². The van der Waals surface area contributed by atoms with Crippen LogP contribution in [0.15, 0.2) is 206 Å². The molecule has 11 aromatic rings. The summed E-state index contributed by atoms with van der Waals surface area (Å²) in [5.41, 5.74) is 20.8. The largest absolute Gasteiger partial charge is 0.457 e. The van der Waals surface area contributed by atoms with E-state index >= 15 is 0 Å². The van der Waals surface area contributed by atoms with Gasteiger partial charge in [0.1, 0.15) is 24.0 Å². The zero-order valence-corrected chi connectivity index (χ0v) is 52.4. The molecule has 0 unspecified atom stereocenters. The van der Waals surface area contributed by atoms with E-state index in [4.69, 9.17) is 13.8 Å². The van der Waals surface area contributed by atoms with Crippen molar-refractivity contribution in [2.45, 2.75) is 137 Å². The Kier molecular flexibility index (Phi) is 12.8. The van der Waals surface area contributed by atoms with Crippen LogP contribution < -0.4 is 14.5 Å². The van der Waals surface area contributed by atoms with Crippen LogP contribution in [-0.4, -0.2) is 16.2 Å². The van der Waals surface area contributed by atoms with Gasteiger partial charge in [0, 0.05) is 55.6 Å². The minimum atomic E-state index is -2.43. The van der Waals surface area contributed by atoms with Gasteiger partial charge >= 0.3 is 0 Å². The zero-order valence-electron chi connectivity index (χ0n) is 55.4. The molecule has 0 radical (unpaired) electrons. The van der Waals surface area contributed by atoms with Crippen LogP contribution in [0, 0.1) is 6.85 Å². The number of rotatable bonds is 9. The second-order valence-electron chi connectivity index (χ2n) is 28.6. The number of pyridine rings is 1. The molecule has 0 saturated heterocycles. The van der Waals surface area contributed by atoms with Gasteiger partial charge in [-0.25, -0.2) is 4.98 Å². The third-order valence-corrected chi connectivity index (χ3v) is 18.5. The van der Waals surface area contributed by atoms with Gasteiger partial charge in [-0.1, -0.05) is 205 Å². The van der Waals surface area contributed by atoms with Crippen LogP contribution in [0.4, 0.5) is 22.7 Å². The number of aromatic nitrogens is 2. The lowest BCUT2D eigenvalue weighted by Gasteiger charge is -2.43. The second-order valence-corrected chi connectivity index (χ2v) is 28.6. The maximum atomic E-state index is 9.11. The summed E-state index contributed by atoms with van der Waals surface area (Å²) >= 11 is 0. The quantitative estimate of drug-likeness (QED) is 0.144. The van der Waals surface area contributed by atoms with Crippen LogP contribution in [0.1, 0.15) is 140 Å². The molecule has 432 valence electrons. The molecule has 0 fully saturated rings. The van der Waals surface area contributed by atoms with Crippen molar-refractivity contribution >= 4 is 44.6 Å². The van der Waals surface area contributed by atoms with Crippen LogP contribution in [0.2, 0.25) is 0 Å². The Bertz CT molecular complexity index is 4550. The molecule has 0 saturated carbocycles. The van der Waals surface area contributed by atoms with Gasteiger partial charge < -0.3 is 14.5 Å². The van der Waals surface area contributed by atoms with Crippen molar-refractivity contribution in [3.05, 3.63) is 240 Å². The van der Waals surface area contributed by atoms with E-state index in [1.165, 1.54) is 55.6 Å². The molecule has 0 bridgehead atoms. The van der Waals surface area contributed by atoms with Crippen LogP contribution in [0.3, 0.4) is 0 Å². The van der Waals surface area contributed by atoms with Gasteiger partial charge in [0.05, 0.1) is 28.1 Å². The standard InChI is InChI=1S/C81H82N4O/c1-52-41-74(82-50-68(52)64-31-24-32-69-75(64)81(13,14)40-39-80(69,11)12)85-70-38-35-57(77(2,3)4)45-67(70)63-37-36-62(49-73(63)85)86-61-30-23-29-60(48-61)83-51-84(72-34-22-21-33-71(72)83)76-65(54-27-19-16-20-28-54)46-59(79(8,9)10)47-66(76)56-42-55(53-25-17-15-18-26-53)43-58(44-56)78(5,6)7/h15-38,41-50H,39-40,51H2,1-14H3/i1D3. The van der Waals surface area contributed by atoms with Crippen molar-refractivity contribution in [2.75, 3.05) is 16.5 Å². The highest BCUT2D eigenvalue weighted by Crippen LogP contribution is 2.54. The predicted octanol–water partition coefficient (Wildman–Crippen LogP) is 22.4. The number of benzene rings is 9. The molecule has 1 aliphatic heterocycles. The van der Waals surface area contributed by atoms with E-state index in [2.05, 4.69) is 286 Å². The minimum absolute atomic E-state index is 0.0448. The number of nitrogens with zero attached hydrogens (tertiary/aromatic N) is 4. The van der Waals surface area contributed by atoms with Crippen LogP contribution in [-0.2, 0) is 27.1 Å². The van der Waals surface area contributed by atoms with Crippen LogP contribution in [0.25, 0.3) is 72.1 Å². The predicted molar refractivity (Wildman–Crippen MR) is 365 cm³/mol. The van der Waals surface area contributed by atoms with Crippen LogP contribution in [0.5, 0.6) is 11.5 Å². The summed E-state index contributed by atoms with van der Waals surface area (Å²) in [7, 11) is 0. The highest BCUT2D eigenvalue weighted by Gasteiger charge is 2.39. The van der Waals surface area contributed by atoms with Gasteiger partial charge in [-0.2, -0.15) is 0 Å². The maximum Gasteiger partial charge on any atom is 0.137 e. The Morgan fingerprint density at radius 3 is 1.77 bits per heavy atom. The number of fused-ring (bicyclic) bond motifs is 5. The van der Waals surface area contributed by atoms with Gasteiger partial charge in [-0.3, -0.25) is 4.57 Å². The van der Waals surface area contributed by atoms with Crippen molar-refractivity contribution < 1.29 is 8.85 Å². The van der Waals surface area contributed by atoms with Crippen molar-refractivity contribution in [3.8, 4) is 61.8 Å². The molecule has 86 heavy (non-hydrogen) atoms. The van der Waals surface area contributed by atoms with E-state index in [1.807, 2.05) is 24.4 Å². The summed E-state index contributed by atoms with van der Waals surface area (Å²) in [5, 5.41) is 2.08. The summed E-state index contributed by atoms with van der Waals surface area (Å²) in [4.78, 5) is 10.2. The fraction of sp³-hybridized carbons (Fsp3) is 0.272. The molecule has 5 heteroatoms. The molecule has 13 rings (SSSR count). The summed E-state index contributed by atoms with van der Waals surface area (Å²) in [6.45, 7) is 27.9. The Hall–Kier alpha value is -8.67. The first-order chi connectivity index (χ1) is 42.1. The number of anilines is 4. The highest BCUT2D eigenvalue weighted by atomic mass is 16.5. The third-order valence-electron chi connectivity index (χ3n) is 18.5. The lowest BCUT2D eigenvalue weighted by molar-refractivity contribution is 0.333. The summed E-state index contributed by atoms with van der Waals surface area (Å²) < 4.78 is 36.5.